The molecule has 9 aromatic rings. The summed E-state index contributed by atoms with van der Waals surface area (Å²) in [7, 11) is 0. The molecule has 2 aliphatic rings. The Morgan fingerprint density at radius 2 is 1.07 bits per heavy atom. The minimum Gasteiger partial charge on any atom is -0.456 e. The standard InChI is InChI=1S/C52H39N3O/c1-32-28-45(37-23-18-36(19-24-37)41-25-20-33-10-2-5-13-38(33)29-41)49-48(44-16-8-9-17-46(44)56-49)47(32)52-54-50(42-26-21-34-11-3-6-14-39(34)30-42)53-51(55-52)43-27-22-35-12-4-7-15-40(35)31-43/h2-32,47,50-51,53H,1H3,(H,54,55). The number of fused-ring (bicyclic) bond motifs is 6. The van der Waals surface area contributed by atoms with Crippen molar-refractivity contribution in [1.29, 1.82) is 0 Å². The van der Waals surface area contributed by atoms with Gasteiger partial charge in [0, 0.05) is 16.5 Å². The van der Waals surface area contributed by atoms with Crippen molar-refractivity contribution in [2.24, 2.45) is 10.9 Å². The molecule has 4 nitrogen and oxygen atoms in total. The van der Waals surface area contributed by atoms with Crippen LogP contribution in [0.15, 0.2) is 191 Å². The van der Waals surface area contributed by atoms with Crippen molar-refractivity contribution in [1.82, 2.24) is 10.6 Å². The molecular formula is C52H39N3O. The predicted octanol–water partition coefficient (Wildman–Crippen LogP) is 12.7. The molecule has 1 aliphatic carbocycles. The Balaban J connectivity index is 1.02. The van der Waals surface area contributed by atoms with E-state index in [1.807, 2.05) is 0 Å². The van der Waals surface area contributed by atoms with Gasteiger partial charge in [-0.3, -0.25) is 5.32 Å². The molecule has 4 unspecified atom stereocenters. The monoisotopic (exact) mass is 721 g/mol. The van der Waals surface area contributed by atoms with Crippen LogP contribution in [-0.2, 0) is 0 Å². The minimum atomic E-state index is -0.255. The van der Waals surface area contributed by atoms with Gasteiger partial charge in [-0.1, -0.05) is 165 Å². The lowest BCUT2D eigenvalue weighted by atomic mass is 9.76. The summed E-state index contributed by atoms with van der Waals surface area (Å²) in [6, 6.07) is 63.2. The van der Waals surface area contributed by atoms with Crippen LogP contribution in [0.4, 0.5) is 0 Å². The van der Waals surface area contributed by atoms with Crippen molar-refractivity contribution in [3.8, 4) is 11.1 Å². The van der Waals surface area contributed by atoms with Gasteiger partial charge in [0.25, 0.3) is 0 Å². The van der Waals surface area contributed by atoms with Gasteiger partial charge in [0.1, 0.15) is 29.5 Å². The number of hydrogen-bond donors (Lipinski definition) is 2. The first-order chi connectivity index (χ1) is 27.6. The normalized spacial score (nSPS) is 19.4. The number of para-hydroxylation sites is 1. The maximum atomic E-state index is 6.84. The molecule has 268 valence electrons. The van der Waals surface area contributed by atoms with E-state index in [1.165, 1.54) is 54.6 Å². The molecule has 0 radical (unpaired) electrons. The van der Waals surface area contributed by atoms with E-state index in [0.717, 1.165) is 39.3 Å². The summed E-state index contributed by atoms with van der Waals surface area (Å²) in [6.07, 6.45) is 1.97. The van der Waals surface area contributed by atoms with Gasteiger partial charge < -0.3 is 9.73 Å². The van der Waals surface area contributed by atoms with E-state index in [0.29, 0.717) is 0 Å². The van der Waals surface area contributed by atoms with Crippen LogP contribution in [0.3, 0.4) is 0 Å². The van der Waals surface area contributed by atoms with Gasteiger partial charge in [0.15, 0.2) is 0 Å². The second kappa shape index (κ2) is 13.2. The highest BCUT2D eigenvalue weighted by molar-refractivity contribution is 6.01. The van der Waals surface area contributed by atoms with E-state index >= 15 is 0 Å². The molecule has 56 heavy (non-hydrogen) atoms. The maximum Gasteiger partial charge on any atom is 0.139 e. The lowest BCUT2D eigenvalue weighted by Gasteiger charge is -2.37. The molecule has 1 aliphatic heterocycles. The van der Waals surface area contributed by atoms with E-state index in [1.54, 1.807) is 0 Å². The zero-order chi connectivity index (χ0) is 37.2. The molecule has 0 saturated carbocycles. The van der Waals surface area contributed by atoms with Crippen LogP contribution in [0.5, 0.6) is 0 Å². The summed E-state index contributed by atoms with van der Waals surface area (Å²) in [5, 5.41) is 16.3. The quantitative estimate of drug-likeness (QED) is 0.186. The lowest BCUT2D eigenvalue weighted by Crippen LogP contribution is -2.47. The molecule has 0 saturated heterocycles. The number of nitrogens with zero attached hydrogens (tertiary/aromatic N) is 1. The van der Waals surface area contributed by atoms with Crippen LogP contribution < -0.4 is 10.6 Å². The van der Waals surface area contributed by atoms with E-state index in [4.69, 9.17) is 9.41 Å². The third-order valence-electron chi connectivity index (χ3n) is 11.8. The number of allylic oxidation sites excluding steroid dienone is 1. The molecule has 8 aromatic carbocycles. The number of hydrogen-bond acceptors (Lipinski definition) is 4. The second-order valence-corrected chi connectivity index (χ2v) is 15.3. The Kier molecular flexibility index (Phi) is 7.71. The third-order valence-corrected chi connectivity index (χ3v) is 11.8. The fraction of sp³-hybridized carbons (Fsp3) is 0.0962. The minimum absolute atomic E-state index is 0.0534. The largest absolute Gasteiger partial charge is 0.456 e. The van der Waals surface area contributed by atoms with Gasteiger partial charge in [-0.15, -0.1) is 0 Å². The molecule has 0 fully saturated rings. The molecule has 1 aromatic heterocycles. The second-order valence-electron chi connectivity index (χ2n) is 15.3. The van der Waals surface area contributed by atoms with Crippen molar-refractivity contribution in [3.05, 3.63) is 210 Å². The van der Waals surface area contributed by atoms with Crippen LogP contribution >= 0.6 is 0 Å². The zero-order valence-electron chi connectivity index (χ0n) is 31.0. The highest BCUT2D eigenvalue weighted by Crippen LogP contribution is 2.47. The lowest BCUT2D eigenvalue weighted by molar-refractivity contribution is 0.396. The molecule has 0 amide bonds. The summed E-state index contributed by atoms with van der Waals surface area (Å²) < 4.78 is 6.84. The summed E-state index contributed by atoms with van der Waals surface area (Å²) in [6.45, 7) is 2.32. The Morgan fingerprint density at radius 3 is 1.79 bits per heavy atom. The topological polar surface area (TPSA) is 49.6 Å². The Morgan fingerprint density at radius 1 is 0.518 bits per heavy atom. The zero-order valence-corrected chi connectivity index (χ0v) is 31.0. The van der Waals surface area contributed by atoms with Crippen LogP contribution in [-0.4, -0.2) is 5.84 Å². The average molecular weight is 722 g/mol. The first-order valence-corrected chi connectivity index (χ1v) is 19.5. The van der Waals surface area contributed by atoms with Crippen LogP contribution in [0.2, 0.25) is 0 Å². The van der Waals surface area contributed by atoms with Gasteiger partial charge in [0.2, 0.25) is 0 Å². The van der Waals surface area contributed by atoms with E-state index < -0.39 is 0 Å². The van der Waals surface area contributed by atoms with Gasteiger partial charge >= 0.3 is 0 Å². The van der Waals surface area contributed by atoms with Crippen molar-refractivity contribution in [2.75, 3.05) is 0 Å². The summed E-state index contributed by atoms with van der Waals surface area (Å²) in [5.74, 6) is 1.95. The Hall–Kier alpha value is -6.75. The molecule has 4 heteroatoms. The SMILES string of the molecule is CC1C=C(c2ccc(-c3ccc4ccccc4c3)cc2)c2oc3ccccc3c2C1C1=NC(c2ccc3ccccc3c2)NC(c2ccc3ccccc3c2)N1. The van der Waals surface area contributed by atoms with Gasteiger partial charge in [-0.25, -0.2) is 4.99 Å². The van der Waals surface area contributed by atoms with Crippen molar-refractivity contribution < 1.29 is 4.42 Å². The number of benzene rings is 8. The first-order valence-electron chi connectivity index (χ1n) is 19.5. The molecule has 0 bridgehead atoms. The highest BCUT2D eigenvalue weighted by Gasteiger charge is 2.39. The Bertz CT molecular complexity index is 3030. The fourth-order valence-corrected chi connectivity index (χ4v) is 8.94. The maximum absolute atomic E-state index is 6.84. The first kappa shape index (κ1) is 32.7. The molecule has 4 atom stereocenters. The van der Waals surface area contributed by atoms with E-state index in [9.17, 15) is 0 Å². The van der Waals surface area contributed by atoms with Crippen molar-refractivity contribution in [3.63, 3.8) is 0 Å². The molecule has 2 heterocycles. The highest BCUT2D eigenvalue weighted by atomic mass is 16.3. The van der Waals surface area contributed by atoms with Crippen LogP contribution in [0, 0.1) is 5.92 Å². The summed E-state index contributed by atoms with van der Waals surface area (Å²) in [5.41, 5.74) is 9.05. The summed E-state index contributed by atoms with van der Waals surface area (Å²) >= 11 is 0. The van der Waals surface area contributed by atoms with Gasteiger partial charge in [-0.2, -0.15) is 0 Å². The van der Waals surface area contributed by atoms with Gasteiger partial charge in [-0.05, 0) is 90.3 Å². The summed E-state index contributed by atoms with van der Waals surface area (Å²) in [4.78, 5) is 5.54. The average Bonchev–Trinajstić information content (AvgIpc) is 3.65. The van der Waals surface area contributed by atoms with Crippen LogP contribution in [0.1, 0.15) is 53.2 Å². The van der Waals surface area contributed by atoms with E-state index in [2.05, 4.69) is 200 Å². The molecule has 0 spiro atoms. The van der Waals surface area contributed by atoms with Crippen LogP contribution in [0.25, 0.3) is 60.0 Å². The number of nitrogens with one attached hydrogen (secondary N) is 2. The van der Waals surface area contributed by atoms with E-state index in [-0.39, 0.29) is 24.2 Å². The van der Waals surface area contributed by atoms with Gasteiger partial charge in [0.05, 0.1) is 5.92 Å². The molecule has 2 N–H and O–H groups in total. The number of furan rings is 1. The number of amidine groups is 1. The number of aliphatic imine (C=N–C) groups is 1. The molecule has 11 rings (SSSR count). The predicted molar refractivity (Wildman–Crippen MR) is 232 cm³/mol. The number of rotatable bonds is 5. The van der Waals surface area contributed by atoms with Crippen molar-refractivity contribution >= 4 is 54.7 Å². The third kappa shape index (κ3) is 5.61. The fourth-order valence-electron chi connectivity index (χ4n) is 8.94. The Labute approximate surface area is 325 Å². The van der Waals surface area contributed by atoms with Crippen molar-refractivity contribution in [2.45, 2.75) is 25.2 Å². The smallest absolute Gasteiger partial charge is 0.139 e. The molecular weight excluding hydrogens is 683 g/mol.